The average molecular weight is 376 g/mol. The molecule has 0 amide bonds. The van der Waals surface area contributed by atoms with Crippen LogP contribution in [0.2, 0.25) is 0 Å². The number of nitrogens with zero attached hydrogens (tertiary/aromatic N) is 1. The van der Waals surface area contributed by atoms with E-state index in [1.165, 1.54) is 31.3 Å². The lowest BCUT2D eigenvalue weighted by Gasteiger charge is -2.55. The molecule has 0 saturated heterocycles. The monoisotopic (exact) mass is 375 g/mol. The number of aliphatic hydroxyl groups is 2. The molecule has 3 saturated carbocycles. The van der Waals surface area contributed by atoms with Gasteiger partial charge in [0.2, 0.25) is 0 Å². The van der Waals surface area contributed by atoms with Crippen LogP contribution >= 0.6 is 0 Å². The lowest BCUT2D eigenvalue weighted by molar-refractivity contribution is -0.118. The van der Waals surface area contributed by atoms with Gasteiger partial charge in [-0.05, 0) is 94.0 Å². The zero-order chi connectivity index (χ0) is 19.8. The van der Waals surface area contributed by atoms with E-state index in [9.17, 15) is 10.2 Å². The molecule has 0 spiro atoms. The van der Waals surface area contributed by atoms with E-state index in [1.807, 2.05) is 0 Å². The molecule has 0 aromatic carbocycles. The summed E-state index contributed by atoms with van der Waals surface area (Å²) >= 11 is 0. The predicted octanol–water partition coefficient (Wildman–Crippen LogP) is 4.41. The van der Waals surface area contributed by atoms with Gasteiger partial charge < -0.3 is 15.1 Å². The van der Waals surface area contributed by atoms with Crippen LogP contribution < -0.4 is 0 Å². The van der Waals surface area contributed by atoms with Gasteiger partial charge in [-0.2, -0.15) is 0 Å². The highest BCUT2D eigenvalue weighted by atomic mass is 16.3. The second kappa shape index (κ2) is 8.00. The molecule has 3 aliphatic carbocycles. The van der Waals surface area contributed by atoms with Gasteiger partial charge in [0.05, 0.1) is 12.2 Å². The number of fused-ring (bicyclic) bond motifs is 1. The van der Waals surface area contributed by atoms with Crippen molar-refractivity contribution in [3.8, 4) is 0 Å². The Kier molecular flexibility index (Phi) is 6.25. The number of hydrogen-bond acceptors (Lipinski definition) is 3. The smallest absolute Gasteiger partial charge is 0.0621 e. The molecule has 0 heterocycles. The van der Waals surface area contributed by atoms with Crippen molar-refractivity contribution in [1.29, 1.82) is 0 Å². The summed E-state index contributed by atoms with van der Waals surface area (Å²) in [6, 6.07) is 0. The quantitative estimate of drug-likeness (QED) is 0.700. The molecule has 3 rings (SSSR count). The van der Waals surface area contributed by atoms with E-state index in [2.05, 4.69) is 51.6 Å². The van der Waals surface area contributed by atoms with E-state index in [-0.39, 0.29) is 23.0 Å². The Morgan fingerprint density at radius 1 is 1.07 bits per heavy atom. The summed E-state index contributed by atoms with van der Waals surface area (Å²) in [5.74, 6) is 1.83. The van der Waals surface area contributed by atoms with Crippen molar-refractivity contribution in [3.05, 3.63) is 24.3 Å². The Labute approximate surface area is 166 Å². The fourth-order valence-corrected chi connectivity index (χ4v) is 6.60. The summed E-state index contributed by atoms with van der Waals surface area (Å²) in [7, 11) is 4.22. The molecule has 3 heteroatoms. The minimum atomic E-state index is -0.381. The van der Waals surface area contributed by atoms with Gasteiger partial charge in [-0.25, -0.2) is 0 Å². The summed E-state index contributed by atoms with van der Waals surface area (Å²) in [5.41, 5.74) is 1.68. The Morgan fingerprint density at radius 2 is 1.81 bits per heavy atom. The maximum atomic E-state index is 11.0. The SMILES string of the molecule is C=C1CCC2[C@H](CC=CCN(C)C)C(C3(C)CCC(O)CC3O)CCC12C. The first kappa shape index (κ1) is 21.1. The summed E-state index contributed by atoms with van der Waals surface area (Å²) in [5, 5.41) is 21.0. The first-order valence-electron chi connectivity index (χ1n) is 11.0. The third kappa shape index (κ3) is 3.93. The van der Waals surface area contributed by atoms with Crippen molar-refractivity contribution in [1.82, 2.24) is 4.90 Å². The summed E-state index contributed by atoms with van der Waals surface area (Å²) in [4.78, 5) is 2.20. The molecule has 7 atom stereocenters. The maximum Gasteiger partial charge on any atom is 0.0621 e. The van der Waals surface area contributed by atoms with Gasteiger partial charge in [-0.1, -0.05) is 38.2 Å². The molecular weight excluding hydrogens is 334 g/mol. The molecule has 0 aromatic rings. The van der Waals surface area contributed by atoms with Crippen LogP contribution in [-0.4, -0.2) is 48.0 Å². The van der Waals surface area contributed by atoms with Gasteiger partial charge in [0.25, 0.3) is 0 Å². The van der Waals surface area contributed by atoms with Crippen molar-refractivity contribution >= 4 is 0 Å². The molecule has 3 aliphatic rings. The zero-order valence-corrected chi connectivity index (χ0v) is 18.0. The van der Waals surface area contributed by atoms with Crippen molar-refractivity contribution in [2.45, 2.75) is 77.4 Å². The summed E-state index contributed by atoms with van der Waals surface area (Å²) in [6.07, 6.45) is 12.2. The molecule has 3 fully saturated rings. The highest BCUT2D eigenvalue weighted by Gasteiger charge is 2.56. The first-order chi connectivity index (χ1) is 12.7. The molecule has 0 aliphatic heterocycles. The van der Waals surface area contributed by atoms with Crippen molar-refractivity contribution in [3.63, 3.8) is 0 Å². The predicted molar refractivity (Wildman–Crippen MR) is 112 cm³/mol. The summed E-state index contributed by atoms with van der Waals surface area (Å²) < 4.78 is 0. The van der Waals surface area contributed by atoms with Crippen LogP contribution in [0.1, 0.15) is 65.2 Å². The van der Waals surface area contributed by atoms with Crippen LogP contribution in [0.25, 0.3) is 0 Å². The number of rotatable bonds is 5. The molecule has 154 valence electrons. The lowest BCUT2D eigenvalue weighted by Crippen LogP contribution is -2.52. The van der Waals surface area contributed by atoms with Crippen LogP contribution in [0, 0.1) is 28.6 Å². The van der Waals surface area contributed by atoms with E-state index in [0.29, 0.717) is 24.2 Å². The second-order valence-electron chi connectivity index (χ2n) is 10.4. The van der Waals surface area contributed by atoms with Gasteiger partial charge >= 0.3 is 0 Å². The second-order valence-corrected chi connectivity index (χ2v) is 10.4. The number of hydrogen-bond donors (Lipinski definition) is 2. The van der Waals surface area contributed by atoms with E-state index in [1.54, 1.807) is 0 Å². The Bertz CT molecular complexity index is 571. The van der Waals surface area contributed by atoms with Crippen LogP contribution in [-0.2, 0) is 0 Å². The number of likely N-dealkylation sites (N-methyl/N-ethyl adjacent to an activating group) is 1. The number of aliphatic hydroxyl groups excluding tert-OH is 2. The zero-order valence-electron chi connectivity index (χ0n) is 18.0. The molecule has 0 aromatic heterocycles. The van der Waals surface area contributed by atoms with E-state index >= 15 is 0 Å². The molecule has 3 nitrogen and oxygen atoms in total. The molecular formula is C24H41NO2. The topological polar surface area (TPSA) is 43.7 Å². The van der Waals surface area contributed by atoms with Crippen LogP contribution in [0.3, 0.4) is 0 Å². The fourth-order valence-electron chi connectivity index (χ4n) is 6.60. The van der Waals surface area contributed by atoms with Crippen molar-refractivity contribution in [2.24, 2.45) is 28.6 Å². The van der Waals surface area contributed by atoms with E-state index in [0.717, 1.165) is 25.8 Å². The largest absolute Gasteiger partial charge is 0.393 e. The molecule has 27 heavy (non-hydrogen) atoms. The van der Waals surface area contributed by atoms with Crippen LogP contribution in [0.5, 0.6) is 0 Å². The minimum absolute atomic E-state index is 0.0649. The Balaban J connectivity index is 1.85. The summed E-state index contributed by atoms with van der Waals surface area (Å²) in [6.45, 7) is 10.2. The molecule has 0 radical (unpaired) electrons. The standard InChI is InChI=1S/C24H41NO2/c1-17-9-10-20-19(8-6-7-15-25(4)5)21(12-14-23(17,20)2)24(3)13-11-18(26)16-22(24)27/h6-7,18-22,26-27H,1,8-16H2,2-5H3/t18?,19-,20?,21?,22?,23?,24?/m0/s1. The Morgan fingerprint density at radius 3 is 2.48 bits per heavy atom. The van der Waals surface area contributed by atoms with Crippen molar-refractivity contribution < 1.29 is 10.2 Å². The highest BCUT2D eigenvalue weighted by Crippen LogP contribution is 2.63. The van der Waals surface area contributed by atoms with Crippen LogP contribution in [0.4, 0.5) is 0 Å². The van der Waals surface area contributed by atoms with Crippen molar-refractivity contribution in [2.75, 3.05) is 20.6 Å². The normalized spacial score (nSPS) is 45.6. The van der Waals surface area contributed by atoms with Gasteiger partial charge in [0, 0.05) is 6.54 Å². The third-order valence-electron chi connectivity index (χ3n) is 8.56. The number of allylic oxidation sites excluding steroid dienone is 2. The average Bonchev–Trinajstić information content (AvgIpc) is 2.90. The minimum Gasteiger partial charge on any atom is -0.393 e. The van der Waals surface area contributed by atoms with Gasteiger partial charge in [-0.3, -0.25) is 0 Å². The fraction of sp³-hybridized carbons (Fsp3) is 0.833. The van der Waals surface area contributed by atoms with Gasteiger partial charge in [0.1, 0.15) is 0 Å². The Hall–Kier alpha value is -0.640. The van der Waals surface area contributed by atoms with Gasteiger partial charge in [0.15, 0.2) is 0 Å². The first-order valence-corrected chi connectivity index (χ1v) is 11.0. The van der Waals surface area contributed by atoms with E-state index < -0.39 is 0 Å². The molecule has 0 bridgehead atoms. The van der Waals surface area contributed by atoms with E-state index in [4.69, 9.17) is 0 Å². The lowest BCUT2D eigenvalue weighted by atomic mass is 9.50. The van der Waals surface area contributed by atoms with Gasteiger partial charge in [-0.15, -0.1) is 0 Å². The highest BCUT2D eigenvalue weighted by molar-refractivity contribution is 5.21. The third-order valence-corrected chi connectivity index (χ3v) is 8.56. The van der Waals surface area contributed by atoms with Crippen LogP contribution in [0.15, 0.2) is 24.3 Å². The molecule has 2 N–H and O–H groups in total. The maximum absolute atomic E-state index is 11.0. The molecule has 6 unspecified atom stereocenters.